The van der Waals surface area contributed by atoms with Gasteiger partial charge in [-0.15, -0.1) is 0 Å². The van der Waals surface area contributed by atoms with Gasteiger partial charge in [-0.2, -0.15) is 41.5 Å². The quantitative estimate of drug-likeness (QED) is 0.478. The number of nitrogens with zero attached hydrogens (tertiary/aromatic N) is 2. The van der Waals surface area contributed by atoms with E-state index in [1.807, 2.05) is 18.3 Å². The van der Waals surface area contributed by atoms with Gasteiger partial charge in [0.1, 0.15) is 0 Å². The Balaban J connectivity index is 0.00000121. The molecular weight excluding hydrogens is 364 g/mol. The Kier molecular flexibility index (Phi) is 8.40. The van der Waals surface area contributed by atoms with Gasteiger partial charge in [-0.3, -0.25) is 4.98 Å². The van der Waals surface area contributed by atoms with E-state index in [0.717, 1.165) is 25.3 Å². The number of hydrogen-bond acceptors (Lipinski definition) is 2. The van der Waals surface area contributed by atoms with Crippen LogP contribution in [0.3, 0.4) is 0 Å². The third-order valence-electron chi connectivity index (χ3n) is 3.39. The second kappa shape index (κ2) is 9.78. The first-order valence-corrected chi connectivity index (χ1v) is 6.93. The van der Waals surface area contributed by atoms with Crippen molar-refractivity contribution in [1.29, 1.82) is 0 Å². The van der Waals surface area contributed by atoms with Crippen LogP contribution in [0.1, 0.15) is 16.8 Å². The summed E-state index contributed by atoms with van der Waals surface area (Å²) in [5.41, 5.74) is 3.82. The van der Waals surface area contributed by atoms with Crippen molar-refractivity contribution < 1.29 is 34.1 Å². The zero-order valence-corrected chi connectivity index (χ0v) is 14.1. The number of aromatic nitrogens is 1. The maximum absolute atomic E-state index is 4.44. The summed E-state index contributed by atoms with van der Waals surface area (Å²) in [6, 6.07) is 23.2. The topological polar surface area (TPSA) is 16.1 Å². The van der Waals surface area contributed by atoms with Crippen LogP contribution in [0.25, 0.3) is 0 Å². The minimum absolute atomic E-state index is 0. The first-order valence-electron chi connectivity index (χ1n) is 6.93. The van der Waals surface area contributed by atoms with Gasteiger partial charge in [0.25, 0.3) is 0 Å². The molecule has 0 atom stereocenters. The number of rotatable bonds is 6. The van der Waals surface area contributed by atoms with Gasteiger partial charge in [0, 0.05) is 29.8 Å². The molecule has 2 nitrogen and oxygen atoms in total. The van der Waals surface area contributed by atoms with Crippen LogP contribution in [0, 0.1) is 0 Å². The van der Waals surface area contributed by atoms with E-state index in [1.165, 1.54) is 11.1 Å². The Bertz CT molecular complexity index is 570. The summed E-state index contributed by atoms with van der Waals surface area (Å²) in [6.07, 6.45) is 1.86. The van der Waals surface area contributed by atoms with Crippen LogP contribution < -0.4 is 0 Å². The molecule has 3 aromatic rings. The van der Waals surface area contributed by atoms with E-state index in [9.17, 15) is 0 Å². The van der Waals surface area contributed by atoms with Crippen LogP contribution in [-0.4, -0.2) is 9.88 Å². The maximum atomic E-state index is 4.44. The number of pyridine rings is 1. The summed E-state index contributed by atoms with van der Waals surface area (Å²) in [5.74, 6) is 0. The molecule has 22 heavy (non-hydrogen) atoms. The Hall–Kier alpha value is -1.15. The van der Waals surface area contributed by atoms with Gasteiger partial charge in [0.15, 0.2) is 0 Å². The Morgan fingerprint density at radius 1 is 0.955 bits per heavy atom. The largest absolute Gasteiger partial charge is 2.00 e. The van der Waals surface area contributed by atoms with E-state index < -0.39 is 0 Å². The molecule has 119 valence electrons. The van der Waals surface area contributed by atoms with Crippen molar-refractivity contribution in [3.8, 4) is 0 Å². The molecule has 1 aromatic heterocycles. The van der Waals surface area contributed by atoms with Crippen molar-refractivity contribution in [3.63, 3.8) is 0 Å². The first-order chi connectivity index (χ1) is 9.90. The molecule has 0 saturated carbocycles. The Labute approximate surface area is 153 Å². The normalized spacial score (nSPS) is 10.0. The molecule has 3 rings (SSSR count). The van der Waals surface area contributed by atoms with E-state index in [1.54, 1.807) is 0 Å². The zero-order chi connectivity index (χ0) is 13.6. The summed E-state index contributed by atoms with van der Waals surface area (Å²) in [4.78, 5) is 6.86. The van der Waals surface area contributed by atoms with Crippen molar-refractivity contribution in [2.75, 3.05) is 0 Å². The molecule has 0 aliphatic heterocycles. The Morgan fingerprint density at radius 3 is 2.50 bits per heavy atom. The fourth-order valence-corrected chi connectivity index (χ4v) is 2.44. The third-order valence-corrected chi connectivity index (χ3v) is 3.39. The summed E-state index contributed by atoms with van der Waals surface area (Å²) in [7, 11) is 0. The van der Waals surface area contributed by atoms with E-state index >= 15 is 0 Å². The summed E-state index contributed by atoms with van der Waals surface area (Å²) in [6.45, 7) is 2.78. The second-order valence-electron chi connectivity index (χ2n) is 5.05. The first kappa shape index (κ1) is 18.9. The molecule has 4 heteroatoms. The third kappa shape index (κ3) is 5.57. The van der Waals surface area contributed by atoms with Gasteiger partial charge < -0.3 is 4.90 Å². The molecule has 0 unspecified atom stereocenters. The molecule has 1 heterocycles. The average Bonchev–Trinajstić information content (AvgIpc) is 3.13. The molecule has 0 spiro atoms. The molecular formula is C18H18CuFeN2. The fraction of sp³-hybridized carbons (Fsp3) is 0.167. The smallest absolute Gasteiger partial charge is 0.303 e. The SMILES string of the molecule is [Cu+2].[Fe].c1ccc(CN(Cc2cc[cH-]c2)Cc2ccc[cH-]2)nc1. The van der Waals surface area contributed by atoms with Gasteiger partial charge in [-0.05, 0) is 25.2 Å². The molecule has 0 fully saturated rings. The summed E-state index contributed by atoms with van der Waals surface area (Å²) in [5, 5.41) is 0. The second-order valence-corrected chi connectivity index (χ2v) is 5.05. The van der Waals surface area contributed by atoms with Crippen molar-refractivity contribution >= 4 is 0 Å². The van der Waals surface area contributed by atoms with Gasteiger partial charge >= 0.3 is 17.1 Å². The van der Waals surface area contributed by atoms with E-state index in [-0.39, 0.29) is 34.1 Å². The van der Waals surface area contributed by atoms with Gasteiger partial charge in [-0.25, -0.2) is 18.2 Å². The molecule has 1 radical (unpaired) electrons. The van der Waals surface area contributed by atoms with Crippen LogP contribution in [0.15, 0.2) is 72.9 Å². The van der Waals surface area contributed by atoms with Crippen LogP contribution in [0.4, 0.5) is 0 Å². The standard InChI is InChI=1S/C18H18N2.Cu.Fe/c1-2-8-16(7-1)13-20(14-17-9-3-4-10-17)15-18-11-5-6-12-19-18;;/h1-12H,13-15H2;;/q-2;+2;. The van der Waals surface area contributed by atoms with E-state index in [0.29, 0.717) is 0 Å². The number of hydrogen-bond donors (Lipinski definition) is 0. The maximum Gasteiger partial charge on any atom is 2.00 e. The summed E-state index contributed by atoms with van der Waals surface area (Å²) >= 11 is 0. The van der Waals surface area contributed by atoms with E-state index in [2.05, 4.69) is 64.5 Å². The molecule has 0 aliphatic carbocycles. The van der Waals surface area contributed by atoms with Crippen LogP contribution in [-0.2, 0) is 53.8 Å². The molecule has 2 aromatic carbocycles. The van der Waals surface area contributed by atoms with Crippen LogP contribution in [0.2, 0.25) is 0 Å². The van der Waals surface area contributed by atoms with Crippen molar-refractivity contribution in [2.45, 2.75) is 19.6 Å². The van der Waals surface area contributed by atoms with Crippen LogP contribution in [0.5, 0.6) is 0 Å². The van der Waals surface area contributed by atoms with Gasteiger partial charge in [0.2, 0.25) is 0 Å². The van der Waals surface area contributed by atoms with Gasteiger partial charge in [0.05, 0.1) is 5.69 Å². The molecule has 0 saturated heterocycles. The Morgan fingerprint density at radius 2 is 1.86 bits per heavy atom. The fourth-order valence-electron chi connectivity index (χ4n) is 2.44. The monoisotopic (exact) mass is 381 g/mol. The predicted molar refractivity (Wildman–Crippen MR) is 81.3 cm³/mol. The molecule has 0 bridgehead atoms. The van der Waals surface area contributed by atoms with Crippen molar-refractivity contribution in [3.05, 3.63) is 89.7 Å². The minimum atomic E-state index is 0. The van der Waals surface area contributed by atoms with E-state index in [4.69, 9.17) is 0 Å². The molecule has 0 aliphatic rings. The minimum Gasteiger partial charge on any atom is -0.303 e. The van der Waals surface area contributed by atoms with Crippen molar-refractivity contribution in [1.82, 2.24) is 9.88 Å². The van der Waals surface area contributed by atoms with Gasteiger partial charge in [-0.1, -0.05) is 6.07 Å². The van der Waals surface area contributed by atoms with Crippen LogP contribution >= 0.6 is 0 Å². The molecule has 0 amide bonds. The van der Waals surface area contributed by atoms with Crippen molar-refractivity contribution in [2.24, 2.45) is 0 Å². The molecule has 0 N–H and O–H groups in total. The average molecular weight is 382 g/mol. The zero-order valence-electron chi connectivity index (χ0n) is 12.1. The predicted octanol–water partition coefficient (Wildman–Crippen LogP) is 3.72. The summed E-state index contributed by atoms with van der Waals surface area (Å²) < 4.78 is 0.